The molecule has 168 valence electrons. The zero-order chi connectivity index (χ0) is 23.2. The van der Waals surface area contributed by atoms with E-state index in [9.17, 15) is 4.79 Å². The lowest BCUT2D eigenvalue weighted by molar-refractivity contribution is 0.0528. The summed E-state index contributed by atoms with van der Waals surface area (Å²) < 4.78 is 7.09. The first-order valence-electron chi connectivity index (χ1n) is 10.6. The first-order valence-corrected chi connectivity index (χ1v) is 11.8. The van der Waals surface area contributed by atoms with Gasteiger partial charge >= 0.3 is 5.97 Å². The highest BCUT2D eigenvalue weighted by Crippen LogP contribution is 2.36. The first kappa shape index (κ1) is 22.7. The van der Waals surface area contributed by atoms with Crippen LogP contribution in [0.3, 0.4) is 0 Å². The smallest absolute Gasteiger partial charge is 0.341 e. The third-order valence-corrected chi connectivity index (χ3v) is 6.29. The zero-order valence-electron chi connectivity index (χ0n) is 18.4. The number of aromatic nitrogens is 2. The monoisotopic (exact) mass is 476 g/mol. The average Bonchev–Trinajstić information content (AvgIpc) is 3.43. The maximum absolute atomic E-state index is 12.5. The molecule has 0 amide bonds. The number of nitrogens with one attached hydrogen (secondary N) is 2. The van der Waals surface area contributed by atoms with Crippen molar-refractivity contribution in [3.05, 3.63) is 89.6 Å². The van der Waals surface area contributed by atoms with E-state index in [2.05, 4.69) is 34.8 Å². The van der Waals surface area contributed by atoms with Crippen molar-refractivity contribution in [2.24, 2.45) is 0 Å². The maximum Gasteiger partial charge on any atom is 0.341 e. The lowest BCUT2D eigenvalue weighted by Crippen LogP contribution is -2.20. The molecular weight excluding hydrogens is 452 g/mol. The number of aryl methyl sites for hydroxylation is 1. The molecule has 0 aliphatic heterocycles. The largest absolute Gasteiger partial charge is 0.462 e. The molecule has 0 bridgehead atoms. The van der Waals surface area contributed by atoms with Crippen LogP contribution in [0.5, 0.6) is 0 Å². The van der Waals surface area contributed by atoms with Gasteiger partial charge < -0.3 is 15.4 Å². The Hall–Kier alpha value is -3.49. The molecule has 4 rings (SSSR count). The minimum atomic E-state index is -0.385. The molecule has 33 heavy (non-hydrogen) atoms. The Balaban J connectivity index is 1.48. The van der Waals surface area contributed by atoms with Crippen LogP contribution in [0, 0.1) is 6.92 Å². The summed E-state index contributed by atoms with van der Waals surface area (Å²) in [5.41, 5.74) is 3.90. The number of hydrogen-bond donors (Lipinski definition) is 2. The lowest BCUT2D eigenvalue weighted by atomic mass is 10.1. The fraction of sp³-hybridized carbons (Fsp3) is 0.160. The van der Waals surface area contributed by atoms with E-state index in [0.29, 0.717) is 34.6 Å². The fourth-order valence-corrected chi connectivity index (χ4v) is 4.65. The Morgan fingerprint density at radius 2 is 1.85 bits per heavy atom. The Morgan fingerprint density at radius 3 is 2.61 bits per heavy atom. The molecule has 2 heterocycles. The van der Waals surface area contributed by atoms with Crippen LogP contribution in [0.25, 0.3) is 10.4 Å². The van der Waals surface area contributed by atoms with Gasteiger partial charge in [0.2, 0.25) is 0 Å². The van der Waals surface area contributed by atoms with Crippen molar-refractivity contribution in [3.63, 3.8) is 0 Å². The molecule has 8 heteroatoms. The Kier molecular flexibility index (Phi) is 7.16. The van der Waals surface area contributed by atoms with Crippen molar-refractivity contribution in [1.82, 2.24) is 9.78 Å². The van der Waals surface area contributed by atoms with Gasteiger partial charge in [0.05, 0.1) is 18.7 Å². The van der Waals surface area contributed by atoms with Gasteiger partial charge in [-0.15, -0.1) is 11.3 Å². The van der Waals surface area contributed by atoms with Gasteiger partial charge in [0, 0.05) is 17.1 Å². The highest BCUT2D eigenvalue weighted by atomic mass is 32.1. The molecule has 0 aliphatic rings. The molecular formula is C25H24N4O2S2. The van der Waals surface area contributed by atoms with E-state index in [4.69, 9.17) is 17.0 Å². The number of thiocarbonyl (C=S) groups is 1. The van der Waals surface area contributed by atoms with Gasteiger partial charge in [-0.3, -0.25) is 4.68 Å². The molecule has 2 aromatic heterocycles. The van der Waals surface area contributed by atoms with Crippen molar-refractivity contribution in [2.45, 2.75) is 20.4 Å². The zero-order valence-corrected chi connectivity index (χ0v) is 20.0. The van der Waals surface area contributed by atoms with E-state index in [1.807, 2.05) is 65.5 Å². The molecule has 0 saturated carbocycles. The van der Waals surface area contributed by atoms with E-state index in [-0.39, 0.29) is 5.97 Å². The SMILES string of the molecule is CCOC(=O)c1cc(-c2ccccc2)sc1NC(=S)Nc1ccn(Cc2ccccc2C)n1. The van der Waals surface area contributed by atoms with Gasteiger partial charge in [-0.2, -0.15) is 5.10 Å². The number of ether oxygens (including phenoxy) is 1. The summed E-state index contributed by atoms with van der Waals surface area (Å²) in [6, 6.07) is 21.8. The molecule has 0 fully saturated rings. The minimum absolute atomic E-state index is 0.301. The number of carbonyl (C=O) groups is 1. The van der Waals surface area contributed by atoms with Gasteiger partial charge in [-0.05, 0) is 48.8 Å². The topological polar surface area (TPSA) is 68.2 Å². The number of benzene rings is 2. The lowest BCUT2D eigenvalue weighted by Gasteiger charge is -2.09. The summed E-state index contributed by atoms with van der Waals surface area (Å²) in [6.45, 7) is 4.85. The number of esters is 1. The van der Waals surface area contributed by atoms with Crippen LogP contribution in [0.2, 0.25) is 0 Å². The van der Waals surface area contributed by atoms with E-state index in [0.717, 1.165) is 10.4 Å². The highest BCUT2D eigenvalue weighted by molar-refractivity contribution is 7.80. The molecule has 0 atom stereocenters. The van der Waals surface area contributed by atoms with Gasteiger partial charge in [0.25, 0.3) is 0 Å². The second kappa shape index (κ2) is 10.4. The third-order valence-electron chi connectivity index (χ3n) is 4.99. The second-order valence-corrected chi connectivity index (χ2v) is 8.80. The predicted molar refractivity (Wildman–Crippen MR) is 138 cm³/mol. The summed E-state index contributed by atoms with van der Waals surface area (Å²) in [4.78, 5) is 13.5. The highest BCUT2D eigenvalue weighted by Gasteiger charge is 2.19. The number of hydrogen-bond acceptors (Lipinski definition) is 5. The normalized spacial score (nSPS) is 10.6. The van der Waals surface area contributed by atoms with Crippen molar-refractivity contribution in [1.29, 1.82) is 0 Å². The van der Waals surface area contributed by atoms with E-state index < -0.39 is 0 Å². The van der Waals surface area contributed by atoms with Gasteiger partial charge in [0.1, 0.15) is 5.00 Å². The van der Waals surface area contributed by atoms with Crippen LogP contribution in [-0.4, -0.2) is 27.5 Å². The Morgan fingerprint density at radius 1 is 1.09 bits per heavy atom. The van der Waals surface area contributed by atoms with Crippen LogP contribution in [0.1, 0.15) is 28.4 Å². The molecule has 0 radical (unpaired) electrons. The molecule has 6 nitrogen and oxygen atoms in total. The van der Waals surface area contributed by atoms with Crippen LogP contribution < -0.4 is 10.6 Å². The molecule has 0 aliphatic carbocycles. The summed E-state index contributed by atoms with van der Waals surface area (Å²) >= 11 is 6.95. The van der Waals surface area contributed by atoms with Gasteiger partial charge in [-0.25, -0.2) is 4.79 Å². The molecule has 0 unspecified atom stereocenters. The first-order chi connectivity index (χ1) is 16.0. The summed E-state index contributed by atoms with van der Waals surface area (Å²) in [5, 5.41) is 11.8. The van der Waals surface area contributed by atoms with Crippen LogP contribution >= 0.6 is 23.6 Å². The molecule has 2 aromatic carbocycles. The van der Waals surface area contributed by atoms with Crippen molar-refractivity contribution in [2.75, 3.05) is 17.2 Å². The minimum Gasteiger partial charge on any atom is -0.462 e. The molecule has 4 aromatic rings. The van der Waals surface area contributed by atoms with Crippen molar-refractivity contribution >= 4 is 45.5 Å². The average molecular weight is 477 g/mol. The second-order valence-electron chi connectivity index (χ2n) is 7.34. The summed E-state index contributed by atoms with van der Waals surface area (Å²) in [7, 11) is 0. The maximum atomic E-state index is 12.5. The number of nitrogens with zero attached hydrogens (tertiary/aromatic N) is 2. The van der Waals surface area contributed by atoms with E-state index >= 15 is 0 Å². The van der Waals surface area contributed by atoms with E-state index in [1.54, 1.807) is 6.92 Å². The van der Waals surface area contributed by atoms with Crippen molar-refractivity contribution in [3.8, 4) is 10.4 Å². The predicted octanol–water partition coefficient (Wildman–Crippen LogP) is 5.95. The Labute approximate surface area is 202 Å². The number of rotatable bonds is 7. The van der Waals surface area contributed by atoms with Gasteiger partial charge in [0.15, 0.2) is 10.9 Å². The van der Waals surface area contributed by atoms with E-state index in [1.165, 1.54) is 22.5 Å². The quantitative estimate of drug-likeness (QED) is 0.254. The van der Waals surface area contributed by atoms with Crippen molar-refractivity contribution < 1.29 is 9.53 Å². The fourth-order valence-electron chi connectivity index (χ4n) is 3.32. The molecule has 0 spiro atoms. The number of carbonyl (C=O) groups excluding carboxylic acids is 1. The van der Waals surface area contributed by atoms with Crippen LogP contribution in [0.15, 0.2) is 72.9 Å². The van der Waals surface area contributed by atoms with Crippen LogP contribution in [-0.2, 0) is 11.3 Å². The van der Waals surface area contributed by atoms with Crippen LogP contribution in [0.4, 0.5) is 10.8 Å². The third kappa shape index (κ3) is 5.66. The molecule has 0 saturated heterocycles. The Bertz CT molecular complexity index is 1260. The van der Waals surface area contributed by atoms with Gasteiger partial charge in [-0.1, -0.05) is 54.6 Å². The summed E-state index contributed by atoms with van der Waals surface area (Å²) in [5.74, 6) is 0.238. The summed E-state index contributed by atoms with van der Waals surface area (Å²) in [6.07, 6.45) is 1.90. The molecule has 2 N–H and O–H groups in total. The standard InChI is InChI=1S/C25H24N4O2S2/c1-3-31-24(30)20-15-21(18-10-5-4-6-11-18)33-23(20)27-25(32)26-22-13-14-29(28-22)16-19-12-8-7-9-17(19)2/h4-15H,3,16H2,1-2H3,(H2,26,27,28,32). The number of anilines is 2. The number of thiophene rings is 1.